The first kappa shape index (κ1) is 18.1. The molecule has 6 nitrogen and oxygen atoms in total. The number of halogens is 1. The molecule has 2 aromatic rings. The van der Waals surface area contributed by atoms with E-state index in [1.165, 1.54) is 24.3 Å². The van der Waals surface area contributed by atoms with E-state index in [1.54, 1.807) is 12.1 Å². The van der Waals surface area contributed by atoms with Crippen LogP contribution in [0.5, 0.6) is 0 Å². The molecule has 0 aliphatic heterocycles. The first-order chi connectivity index (χ1) is 11.4. The SMILES string of the molecule is N#Cc1ccc(S(=O)(=O)NCC(=O)OCc2ccc(Br)cc2)cc1. The van der Waals surface area contributed by atoms with E-state index in [4.69, 9.17) is 10.00 Å². The van der Waals surface area contributed by atoms with Crippen LogP contribution in [-0.4, -0.2) is 20.9 Å². The van der Waals surface area contributed by atoms with Crippen molar-refractivity contribution in [3.8, 4) is 6.07 Å². The molecular formula is C16H13BrN2O4S. The van der Waals surface area contributed by atoms with Crippen LogP contribution in [0, 0.1) is 11.3 Å². The molecule has 0 radical (unpaired) electrons. The van der Waals surface area contributed by atoms with Gasteiger partial charge in [-0.1, -0.05) is 28.1 Å². The average molecular weight is 409 g/mol. The lowest BCUT2D eigenvalue weighted by Crippen LogP contribution is -2.30. The summed E-state index contributed by atoms with van der Waals surface area (Å²) in [6.07, 6.45) is 0. The van der Waals surface area contributed by atoms with E-state index < -0.39 is 22.5 Å². The predicted octanol–water partition coefficient (Wildman–Crippen LogP) is 2.34. The van der Waals surface area contributed by atoms with Crippen LogP contribution >= 0.6 is 15.9 Å². The van der Waals surface area contributed by atoms with Crippen molar-refractivity contribution in [1.29, 1.82) is 5.26 Å². The first-order valence-corrected chi connectivity index (χ1v) is 9.08. The Bertz CT molecular complexity index is 856. The summed E-state index contributed by atoms with van der Waals surface area (Å²) < 4.78 is 32.2. The molecule has 0 aliphatic carbocycles. The molecule has 0 saturated heterocycles. The van der Waals surface area contributed by atoms with Crippen LogP contribution < -0.4 is 4.72 Å². The van der Waals surface area contributed by atoms with Gasteiger partial charge in [0.25, 0.3) is 0 Å². The molecule has 124 valence electrons. The van der Waals surface area contributed by atoms with Gasteiger partial charge >= 0.3 is 5.97 Å². The molecule has 0 saturated carbocycles. The van der Waals surface area contributed by atoms with Crippen LogP contribution in [0.1, 0.15) is 11.1 Å². The Morgan fingerprint density at radius 2 is 1.75 bits per heavy atom. The molecule has 0 amide bonds. The number of hydrogen-bond donors (Lipinski definition) is 1. The number of benzene rings is 2. The summed E-state index contributed by atoms with van der Waals surface area (Å²) in [5, 5.41) is 8.70. The minimum absolute atomic E-state index is 0.0257. The molecule has 0 aromatic heterocycles. The Hall–Kier alpha value is -2.21. The van der Waals surface area contributed by atoms with Crippen LogP contribution in [0.15, 0.2) is 57.9 Å². The van der Waals surface area contributed by atoms with E-state index >= 15 is 0 Å². The van der Waals surface area contributed by atoms with Gasteiger partial charge in [-0.05, 0) is 42.0 Å². The summed E-state index contributed by atoms with van der Waals surface area (Å²) in [5.74, 6) is -0.685. The highest BCUT2D eigenvalue weighted by molar-refractivity contribution is 9.10. The monoisotopic (exact) mass is 408 g/mol. The molecule has 1 N–H and O–H groups in total. The number of rotatable bonds is 6. The predicted molar refractivity (Wildman–Crippen MR) is 90.3 cm³/mol. The Labute approximate surface area is 148 Å². The fourth-order valence-electron chi connectivity index (χ4n) is 1.74. The van der Waals surface area contributed by atoms with Crippen LogP contribution in [0.2, 0.25) is 0 Å². The quantitative estimate of drug-likeness (QED) is 0.739. The third kappa shape index (κ3) is 5.16. The van der Waals surface area contributed by atoms with E-state index in [1.807, 2.05) is 18.2 Å². The first-order valence-electron chi connectivity index (χ1n) is 6.80. The van der Waals surface area contributed by atoms with Crippen molar-refractivity contribution in [3.05, 3.63) is 64.1 Å². The van der Waals surface area contributed by atoms with Crippen LogP contribution in [0.25, 0.3) is 0 Å². The lowest BCUT2D eigenvalue weighted by Gasteiger charge is -2.08. The molecule has 0 spiro atoms. The molecule has 0 bridgehead atoms. The van der Waals surface area contributed by atoms with E-state index in [0.717, 1.165) is 10.0 Å². The number of carbonyl (C=O) groups excluding carboxylic acids is 1. The van der Waals surface area contributed by atoms with Crippen molar-refractivity contribution in [1.82, 2.24) is 4.72 Å². The van der Waals surface area contributed by atoms with E-state index in [-0.39, 0.29) is 11.5 Å². The highest BCUT2D eigenvalue weighted by atomic mass is 79.9. The molecule has 2 rings (SSSR count). The normalized spacial score (nSPS) is 10.8. The summed E-state index contributed by atoms with van der Waals surface area (Å²) in [6, 6.07) is 14.5. The van der Waals surface area contributed by atoms with Crippen molar-refractivity contribution in [3.63, 3.8) is 0 Å². The zero-order valence-electron chi connectivity index (χ0n) is 12.4. The maximum absolute atomic E-state index is 12.0. The molecule has 0 fully saturated rings. The molecular weight excluding hydrogens is 396 g/mol. The zero-order chi connectivity index (χ0) is 17.6. The third-order valence-corrected chi connectivity index (χ3v) is 4.96. The summed E-state index contributed by atoms with van der Waals surface area (Å²) in [7, 11) is -3.84. The van der Waals surface area contributed by atoms with Crippen molar-refractivity contribution >= 4 is 31.9 Å². The second-order valence-corrected chi connectivity index (χ2v) is 7.43. The van der Waals surface area contributed by atoms with Gasteiger partial charge in [-0.3, -0.25) is 4.79 Å². The van der Waals surface area contributed by atoms with Crippen LogP contribution in [0.3, 0.4) is 0 Å². The Morgan fingerprint density at radius 3 is 2.33 bits per heavy atom. The molecule has 24 heavy (non-hydrogen) atoms. The number of ether oxygens (including phenoxy) is 1. The van der Waals surface area contributed by atoms with E-state index in [0.29, 0.717) is 5.56 Å². The van der Waals surface area contributed by atoms with E-state index in [2.05, 4.69) is 20.7 Å². The number of hydrogen-bond acceptors (Lipinski definition) is 5. The number of esters is 1. The lowest BCUT2D eigenvalue weighted by atomic mass is 10.2. The van der Waals surface area contributed by atoms with Crippen molar-refractivity contribution in [2.24, 2.45) is 0 Å². The second-order valence-electron chi connectivity index (χ2n) is 4.75. The maximum Gasteiger partial charge on any atom is 0.321 e. The van der Waals surface area contributed by atoms with Crippen LogP contribution in [0.4, 0.5) is 0 Å². The second kappa shape index (κ2) is 8.06. The third-order valence-electron chi connectivity index (χ3n) is 3.01. The number of nitriles is 1. The Morgan fingerprint density at radius 1 is 1.12 bits per heavy atom. The van der Waals surface area contributed by atoms with Crippen molar-refractivity contribution in [2.45, 2.75) is 11.5 Å². The summed E-state index contributed by atoms with van der Waals surface area (Å²) in [4.78, 5) is 11.6. The highest BCUT2D eigenvalue weighted by Gasteiger charge is 2.16. The molecule has 2 aromatic carbocycles. The lowest BCUT2D eigenvalue weighted by molar-refractivity contribution is -0.143. The fourth-order valence-corrected chi connectivity index (χ4v) is 2.97. The standard InChI is InChI=1S/C16H13BrN2O4S/c17-14-5-1-13(2-6-14)11-23-16(20)10-19-24(21,22)15-7-3-12(9-18)4-8-15/h1-8,19H,10-11H2. The van der Waals surface area contributed by atoms with Crippen molar-refractivity contribution < 1.29 is 17.9 Å². The smallest absolute Gasteiger partial charge is 0.321 e. The van der Waals surface area contributed by atoms with Gasteiger partial charge in [-0.15, -0.1) is 0 Å². The van der Waals surface area contributed by atoms with Gasteiger partial charge in [0.15, 0.2) is 0 Å². The van der Waals surface area contributed by atoms with E-state index in [9.17, 15) is 13.2 Å². The number of nitrogens with zero attached hydrogens (tertiary/aromatic N) is 1. The summed E-state index contributed by atoms with van der Waals surface area (Å²) in [5.41, 5.74) is 1.14. The van der Waals surface area contributed by atoms with Crippen molar-refractivity contribution in [2.75, 3.05) is 6.54 Å². The van der Waals surface area contributed by atoms with Gasteiger partial charge in [0, 0.05) is 4.47 Å². The number of carbonyl (C=O) groups is 1. The Kier molecular flexibility index (Phi) is 6.09. The zero-order valence-corrected chi connectivity index (χ0v) is 14.8. The van der Waals surface area contributed by atoms with Gasteiger partial charge in [0.2, 0.25) is 10.0 Å². The fraction of sp³-hybridized carbons (Fsp3) is 0.125. The number of nitrogens with one attached hydrogen (secondary N) is 1. The molecule has 0 unspecified atom stereocenters. The van der Waals surface area contributed by atoms with Gasteiger partial charge in [-0.25, -0.2) is 8.42 Å². The largest absolute Gasteiger partial charge is 0.460 e. The maximum atomic E-state index is 12.0. The summed E-state index contributed by atoms with van der Waals surface area (Å²) >= 11 is 3.30. The topological polar surface area (TPSA) is 96.3 Å². The van der Waals surface area contributed by atoms with Gasteiger partial charge < -0.3 is 4.74 Å². The summed E-state index contributed by atoms with van der Waals surface area (Å²) in [6.45, 7) is -0.413. The van der Waals surface area contributed by atoms with Gasteiger partial charge in [0.1, 0.15) is 13.2 Å². The molecule has 0 atom stereocenters. The highest BCUT2D eigenvalue weighted by Crippen LogP contribution is 2.12. The molecule has 8 heteroatoms. The number of sulfonamides is 1. The average Bonchev–Trinajstić information content (AvgIpc) is 2.59. The minimum atomic E-state index is -3.84. The Balaban J connectivity index is 1.87. The molecule has 0 aliphatic rings. The van der Waals surface area contributed by atoms with Gasteiger partial charge in [-0.2, -0.15) is 9.98 Å². The van der Waals surface area contributed by atoms with Crippen LogP contribution in [-0.2, 0) is 26.2 Å². The van der Waals surface area contributed by atoms with Gasteiger partial charge in [0.05, 0.1) is 16.5 Å². The molecule has 0 heterocycles. The minimum Gasteiger partial charge on any atom is -0.460 e.